The molecule has 0 aliphatic carbocycles. The van der Waals surface area contributed by atoms with Crippen LogP contribution < -0.4 is 5.32 Å². The van der Waals surface area contributed by atoms with Gasteiger partial charge in [-0.05, 0) is 17.7 Å². The van der Waals surface area contributed by atoms with Crippen molar-refractivity contribution in [3.05, 3.63) is 66.2 Å². The van der Waals surface area contributed by atoms with Crippen LogP contribution in [0.25, 0.3) is 0 Å². The number of carbonyl (C=O) groups excluding carboxylic acids is 2. The number of nitrogens with one attached hydrogen (secondary N) is 1. The van der Waals surface area contributed by atoms with E-state index in [1.165, 1.54) is 11.9 Å². The third-order valence-corrected chi connectivity index (χ3v) is 3.16. The van der Waals surface area contributed by atoms with Crippen molar-refractivity contribution in [3.8, 4) is 0 Å². The Morgan fingerprint density at radius 3 is 2.18 bits per heavy atom. The Labute approximate surface area is 129 Å². The van der Waals surface area contributed by atoms with Crippen molar-refractivity contribution < 1.29 is 14.7 Å². The second kappa shape index (κ2) is 7.38. The fourth-order valence-electron chi connectivity index (χ4n) is 2.00. The molecule has 2 N–H and O–H groups in total. The number of nitrogens with zero attached hydrogens (tertiary/aromatic N) is 1. The first kappa shape index (κ1) is 15.7. The number of amides is 2. The Morgan fingerprint density at radius 1 is 1.05 bits per heavy atom. The zero-order valence-corrected chi connectivity index (χ0v) is 12.3. The highest BCUT2D eigenvalue weighted by Gasteiger charge is 2.22. The fraction of sp³-hybridized carbons (Fsp3) is 0.176. The normalized spacial score (nSPS) is 11.5. The smallest absolute Gasteiger partial charge is 0.256 e. The van der Waals surface area contributed by atoms with Crippen molar-refractivity contribution in [2.75, 3.05) is 18.9 Å². The number of carbonyl (C=O) groups is 2. The predicted molar refractivity (Wildman–Crippen MR) is 84.1 cm³/mol. The summed E-state index contributed by atoms with van der Waals surface area (Å²) in [5, 5.41) is 12.7. The first-order valence-electron chi connectivity index (χ1n) is 6.91. The SMILES string of the molecule is CN(CC(=O)Nc1ccccc1)C(=O)C(O)c1ccccc1. The molecule has 0 heterocycles. The number of hydrogen-bond acceptors (Lipinski definition) is 3. The third kappa shape index (κ3) is 4.17. The molecule has 2 aromatic carbocycles. The molecule has 0 aromatic heterocycles. The summed E-state index contributed by atoms with van der Waals surface area (Å²) in [5.74, 6) is -0.836. The summed E-state index contributed by atoms with van der Waals surface area (Å²) in [7, 11) is 1.49. The van der Waals surface area contributed by atoms with Crippen LogP contribution in [0.5, 0.6) is 0 Å². The molecular weight excluding hydrogens is 280 g/mol. The van der Waals surface area contributed by atoms with Gasteiger partial charge in [-0.3, -0.25) is 9.59 Å². The molecule has 0 spiro atoms. The highest BCUT2D eigenvalue weighted by Crippen LogP contribution is 2.14. The second-order valence-corrected chi connectivity index (χ2v) is 4.92. The average molecular weight is 298 g/mol. The van der Waals surface area contributed by atoms with E-state index in [4.69, 9.17) is 0 Å². The van der Waals surface area contributed by atoms with Gasteiger partial charge in [0.05, 0.1) is 6.54 Å². The van der Waals surface area contributed by atoms with Crippen molar-refractivity contribution in [3.63, 3.8) is 0 Å². The van der Waals surface area contributed by atoms with E-state index in [1.807, 2.05) is 18.2 Å². The largest absolute Gasteiger partial charge is 0.378 e. The number of hydrogen-bond donors (Lipinski definition) is 2. The number of anilines is 1. The number of aliphatic hydroxyl groups is 1. The van der Waals surface area contributed by atoms with Crippen LogP contribution in [-0.2, 0) is 9.59 Å². The van der Waals surface area contributed by atoms with Crippen LogP contribution in [0.4, 0.5) is 5.69 Å². The number of likely N-dealkylation sites (N-methyl/N-ethyl adjacent to an activating group) is 1. The van der Waals surface area contributed by atoms with Crippen LogP contribution in [0.1, 0.15) is 11.7 Å². The maximum atomic E-state index is 12.1. The molecule has 0 saturated heterocycles. The summed E-state index contributed by atoms with van der Waals surface area (Å²) in [6, 6.07) is 17.6. The van der Waals surface area contributed by atoms with Crippen molar-refractivity contribution in [2.24, 2.45) is 0 Å². The number of aliphatic hydroxyl groups excluding tert-OH is 1. The average Bonchev–Trinajstić information content (AvgIpc) is 2.55. The van der Waals surface area contributed by atoms with Gasteiger partial charge in [-0.1, -0.05) is 48.5 Å². The van der Waals surface area contributed by atoms with Gasteiger partial charge in [0.2, 0.25) is 5.91 Å². The fourth-order valence-corrected chi connectivity index (χ4v) is 2.00. The van der Waals surface area contributed by atoms with E-state index in [0.29, 0.717) is 11.3 Å². The zero-order valence-electron chi connectivity index (χ0n) is 12.3. The maximum absolute atomic E-state index is 12.1. The molecule has 114 valence electrons. The molecule has 2 aromatic rings. The van der Waals surface area contributed by atoms with E-state index in [2.05, 4.69) is 5.32 Å². The van der Waals surface area contributed by atoms with E-state index in [1.54, 1.807) is 42.5 Å². The Morgan fingerprint density at radius 2 is 1.59 bits per heavy atom. The van der Waals surface area contributed by atoms with Crippen LogP contribution in [-0.4, -0.2) is 35.4 Å². The Kier molecular flexibility index (Phi) is 5.27. The van der Waals surface area contributed by atoms with Crippen LogP contribution in [0, 0.1) is 0 Å². The van der Waals surface area contributed by atoms with Crippen molar-refractivity contribution in [2.45, 2.75) is 6.10 Å². The topological polar surface area (TPSA) is 69.6 Å². The summed E-state index contributed by atoms with van der Waals surface area (Å²) in [6.45, 7) is -0.127. The zero-order chi connectivity index (χ0) is 15.9. The molecule has 0 aliphatic rings. The second-order valence-electron chi connectivity index (χ2n) is 4.92. The lowest BCUT2D eigenvalue weighted by Crippen LogP contribution is -2.37. The molecule has 22 heavy (non-hydrogen) atoms. The molecule has 0 fully saturated rings. The molecule has 2 amide bonds. The monoisotopic (exact) mass is 298 g/mol. The molecule has 0 saturated carbocycles. The van der Waals surface area contributed by atoms with E-state index in [-0.39, 0.29) is 12.5 Å². The van der Waals surface area contributed by atoms with Gasteiger partial charge in [0.25, 0.3) is 5.91 Å². The highest BCUT2D eigenvalue weighted by atomic mass is 16.3. The first-order valence-corrected chi connectivity index (χ1v) is 6.91. The molecule has 0 bridgehead atoms. The Bertz CT molecular complexity index is 629. The highest BCUT2D eigenvalue weighted by molar-refractivity contribution is 5.95. The Balaban J connectivity index is 1.92. The van der Waals surface area contributed by atoms with Gasteiger partial charge in [-0.25, -0.2) is 0 Å². The van der Waals surface area contributed by atoms with Gasteiger partial charge >= 0.3 is 0 Å². The molecule has 1 unspecified atom stereocenters. The van der Waals surface area contributed by atoms with Gasteiger partial charge in [0.15, 0.2) is 6.10 Å². The molecule has 5 nitrogen and oxygen atoms in total. The summed E-state index contributed by atoms with van der Waals surface area (Å²) in [5.41, 5.74) is 1.17. The minimum absolute atomic E-state index is 0.127. The standard InChI is InChI=1S/C17H18N2O3/c1-19(12-15(20)18-14-10-6-3-7-11-14)17(22)16(21)13-8-4-2-5-9-13/h2-11,16,21H,12H2,1H3,(H,18,20). The predicted octanol–water partition coefficient (Wildman–Crippen LogP) is 1.82. The van der Waals surface area contributed by atoms with Crippen LogP contribution >= 0.6 is 0 Å². The van der Waals surface area contributed by atoms with Crippen LogP contribution in [0.2, 0.25) is 0 Å². The lowest BCUT2D eigenvalue weighted by Gasteiger charge is -2.20. The number of rotatable bonds is 5. The van der Waals surface area contributed by atoms with E-state index in [9.17, 15) is 14.7 Å². The molecule has 2 rings (SSSR count). The number of benzene rings is 2. The van der Waals surface area contributed by atoms with Gasteiger partial charge in [0.1, 0.15) is 0 Å². The van der Waals surface area contributed by atoms with E-state index < -0.39 is 12.0 Å². The summed E-state index contributed by atoms with van der Waals surface area (Å²) < 4.78 is 0. The van der Waals surface area contributed by atoms with Crippen LogP contribution in [0.3, 0.4) is 0 Å². The van der Waals surface area contributed by atoms with Crippen LogP contribution in [0.15, 0.2) is 60.7 Å². The molecule has 1 atom stereocenters. The summed E-state index contributed by atoms with van der Waals surface area (Å²) in [4.78, 5) is 25.2. The van der Waals surface area contributed by atoms with Gasteiger partial charge < -0.3 is 15.3 Å². The number of para-hydroxylation sites is 1. The van der Waals surface area contributed by atoms with E-state index >= 15 is 0 Å². The minimum atomic E-state index is -1.27. The van der Waals surface area contributed by atoms with Gasteiger partial charge in [0, 0.05) is 12.7 Å². The summed E-state index contributed by atoms with van der Waals surface area (Å²) >= 11 is 0. The molecule has 5 heteroatoms. The maximum Gasteiger partial charge on any atom is 0.256 e. The first-order chi connectivity index (χ1) is 10.6. The summed E-state index contributed by atoms with van der Waals surface area (Å²) in [6.07, 6.45) is -1.27. The van der Waals surface area contributed by atoms with Crippen molar-refractivity contribution >= 4 is 17.5 Å². The van der Waals surface area contributed by atoms with Crippen molar-refractivity contribution in [1.29, 1.82) is 0 Å². The minimum Gasteiger partial charge on any atom is -0.378 e. The quantitative estimate of drug-likeness (QED) is 0.884. The van der Waals surface area contributed by atoms with Crippen molar-refractivity contribution in [1.82, 2.24) is 4.90 Å². The molecular formula is C17H18N2O3. The molecule has 0 radical (unpaired) electrons. The van der Waals surface area contributed by atoms with Gasteiger partial charge in [-0.15, -0.1) is 0 Å². The third-order valence-electron chi connectivity index (χ3n) is 3.16. The Hall–Kier alpha value is -2.66. The molecule has 0 aliphatic heterocycles. The lowest BCUT2D eigenvalue weighted by atomic mass is 10.1. The van der Waals surface area contributed by atoms with E-state index in [0.717, 1.165) is 0 Å². The lowest BCUT2D eigenvalue weighted by molar-refractivity contribution is -0.141. The van der Waals surface area contributed by atoms with Gasteiger partial charge in [-0.2, -0.15) is 0 Å².